The number of nitrogens with zero attached hydrogens (tertiary/aromatic N) is 2. The number of cyclic esters (lactones) is 1. The molecule has 172 valence electrons. The number of sulfonamides is 1. The lowest BCUT2D eigenvalue weighted by Crippen LogP contribution is -2.50. The third kappa shape index (κ3) is 4.47. The number of hydrogen-bond acceptors (Lipinski definition) is 4. The Morgan fingerprint density at radius 2 is 1.59 bits per heavy atom. The highest BCUT2D eigenvalue weighted by molar-refractivity contribution is 7.89. The van der Waals surface area contributed by atoms with Crippen molar-refractivity contribution in [2.75, 3.05) is 19.7 Å². The van der Waals surface area contributed by atoms with Crippen molar-refractivity contribution < 1.29 is 31.1 Å². The highest BCUT2D eigenvalue weighted by Gasteiger charge is 2.43. The lowest BCUT2D eigenvalue weighted by atomic mass is 10.00. The van der Waals surface area contributed by atoms with E-state index in [0.29, 0.717) is 19.3 Å². The molecule has 0 aliphatic carbocycles. The van der Waals surface area contributed by atoms with Crippen molar-refractivity contribution in [3.63, 3.8) is 0 Å². The number of ether oxygens (including phenoxy) is 1. The van der Waals surface area contributed by atoms with E-state index in [0.717, 1.165) is 22.0 Å². The lowest BCUT2D eigenvalue weighted by Gasteiger charge is -2.37. The molecule has 6 nitrogen and oxygen atoms in total. The number of amides is 1. The molecule has 0 N–H and O–H groups in total. The summed E-state index contributed by atoms with van der Waals surface area (Å²) in [6.07, 6.45) is -3.94. The van der Waals surface area contributed by atoms with Gasteiger partial charge in [-0.25, -0.2) is 13.2 Å². The minimum atomic E-state index is -4.77. The molecule has 2 aromatic carbocycles. The quantitative estimate of drug-likeness (QED) is 0.667. The normalized spacial score (nSPS) is 21.0. The van der Waals surface area contributed by atoms with E-state index in [1.54, 1.807) is 4.90 Å². The van der Waals surface area contributed by atoms with E-state index in [1.807, 2.05) is 30.3 Å². The molecule has 2 heterocycles. The molecule has 2 saturated heterocycles. The predicted molar refractivity (Wildman–Crippen MR) is 110 cm³/mol. The maximum Gasteiger partial charge on any atom is 0.417 e. The van der Waals surface area contributed by atoms with Crippen molar-refractivity contribution in [1.82, 2.24) is 9.21 Å². The van der Waals surface area contributed by atoms with Crippen molar-refractivity contribution in [2.24, 2.45) is 0 Å². The van der Waals surface area contributed by atoms with Gasteiger partial charge in [0.2, 0.25) is 10.0 Å². The van der Waals surface area contributed by atoms with Crippen LogP contribution >= 0.6 is 0 Å². The molecule has 2 aromatic rings. The van der Waals surface area contributed by atoms with Gasteiger partial charge in [-0.2, -0.15) is 17.5 Å². The number of halogens is 3. The van der Waals surface area contributed by atoms with Crippen molar-refractivity contribution in [3.05, 3.63) is 65.7 Å². The van der Waals surface area contributed by atoms with Crippen LogP contribution in [0, 0.1) is 0 Å². The number of rotatable bonds is 5. The lowest BCUT2D eigenvalue weighted by molar-refractivity contribution is -0.139. The minimum Gasteiger partial charge on any atom is -0.447 e. The van der Waals surface area contributed by atoms with E-state index >= 15 is 0 Å². The smallest absolute Gasteiger partial charge is 0.417 e. The molecule has 4 rings (SSSR count). The van der Waals surface area contributed by atoms with E-state index in [2.05, 4.69) is 0 Å². The average Bonchev–Trinajstić information content (AvgIpc) is 3.14. The summed E-state index contributed by atoms with van der Waals surface area (Å²) < 4.78 is 72.3. The van der Waals surface area contributed by atoms with Crippen LogP contribution in [0.3, 0.4) is 0 Å². The second kappa shape index (κ2) is 8.74. The summed E-state index contributed by atoms with van der Waals surface area (Å²) in [5, 5.41) is 0. The molecule has 32 heavy (non-hydrogen) atoms. The first-order chi connectivity index (χ1) is 15.2. The highest BCUT2D eigenvalue weighted by atomic mass is 32.2. The van der Waals surface area contributed by atoms with Crippen LogP contribution in [0.4, 0.5) is 18.0 Å². The summed E-state index contributed by atoms with van der Waals surface area (Å²) in [4.78, 5) is 13.3. The number of hydrogen-bond donors (Lipinski definition) is 0. The van der Waals surface area contributed by atoms with Crippen molar-refractivity contribution in [1.29, 1.82) is 0 Å². The zero-order valence-corrected chi connectivity index (χ0v) is 18.0. The summed E-state index contributed by atoms with van der Waals surface area (Å²) in [7, 11) is -4.32. The minimum absolute atomic E-state index is 0.0288. The molecule has 0 bridgehead atoms. The third-order valence-electron chi connectivity index (χ3n) is 5.94. The van der Waals surface area contributed by atoms with Crippen molar-refractivity contribution >= 4 is 16.1 Å². The van der Waals surface area contributed by atoms with Crippen LogP contribution in [-0.4, -0.2) is 55.5 Å². The third-order valence-corrected chi connectivity index (χ3v) is 7.90. The van der Waals surface area contributed by atoms with E-state index in [1.165, 1.54) is 12.1 Å². The molecular formula is C22H23F3N2O4S. The number of carbonyl (C=O) groups is 1. The second-order valence-electron chi connectivity index (χ2n) is 7.96. The average molecular weight is 468 g/mol. The van der Waals surface area contributed by atoms with Gasteiger partial charge in [0.05, 0.1) is 16.5 Å². The molecule has 10 heteroatoms. The molecular weight excluding hydrogens is 445 g/mol. The Labute approximate surface area is 184 Å². The molecule has 2 aliphatic rings. The van der Waals surface area contributed by atoms with Gasteiger partial charge in [0.25, 0.3) is 0 Å². The van der Waals surface area contributed by atoms with Crippen LogP contribution < -0.4 is 0 Å². The maximum absolute atomic E-state index is 13.3. The SMILES string of the molecule is O=C1OCC(Cc2ccccc2)N1C1CCN(S(=O)(=O)c2ccccc2C(F)(F)F)CC1. The number of carbonyl (C=O) groups excluding carboxylic acids is 1. The summed E-state index contributed by atoms with van der Waals surface area (Å²) in [6.45, 7) is 0.313. The first-order valence-corrected chi connectivity index (χ1v) is 11.8. The van der Waals surface area contributed by atoms with E-state index < -0.39 is 32.8 Å². The molecule has 2 aliphatic heterocycles. The van der Waals surface area contributed by atoms with E-state index in [-0.39, 0.29) is 31.8 Å². The fraction of sp³-hybridized carbons (Fsp3) is 0.409. The summed E-state index contributed by atoms with van der Waals surface area (Å²) in [5.74, 6) is 0. The van der Waals surface area contributed by atoms with Gasteiger partial charge in [-0.1, -0.05) is 42.5 Å². The largest absolute Gasteiger partial charge is 0.447 e. The van der Waals surface area contributed by atoms with Gasteiger partial charge in [-0.15, -0.1) is 0 Å². The van der Waals surface area contributed by atoms with Crippen LogP contribution in [0.25, 0.3) is 0 Å². The van der Waals surface area contributed by atoms with Crippen LogP contribution in [0.15, 0.2) is 59.5 Å². The molecule has 0 radical (unpaired) electrons. The first-order valence-electron chi connectivity index (χ1n) is 10.3. The van der Waals surface area contributed by atoms with Crippen LogP contribution in [0.1, 0.15) is 24.0 Å². The Morgan fingerprint density at radius 3 is 2.25 bits per heavy atom. The van der Waals surface area contributed by atoms with Crippen molar-refractivity contribution in [3.8, 4) is 0 Å². The van der Waals surface area contributed by atoms with Gasteiger partial charge in [0.15, 0.2) is 0 Å². The topological polar surface area (TPSA) is 66.9 Å². The molecule has 0 spiro atoms. The number of benzene rings is 2. The maximum atomic E-state index is 13.3. The van der Waals surface area contributed by atoms with E-state index in [4.69, 9.17) is 4.74 Å². The Morgan fingerprint density at radius 1 is 0.969 bits per heavy atom. The molecule has 1 amide bonds. The first kappa shape index (κ1) is 22.6. The molecule has 1 atom stereocenters. The summed E-state index contributed by atoms with van der Waals surface area (Å²) in [5.41, 5.74) is -0.113. The van der Waals surface area contributed by atoms with Crippen LogP contribution in [-0.2, 0) is 27.4 Å². The molecule has 0 aromatic heterocycles. The van der Waals surface area contributed by atoms with Gasteiger partial charge in [0, 0.05) is 19.1 Å². The monoisotopic (exact) mass is 468 g/mol. The molecule has 0 saturated carbocycles. The molecule has 1 unspecified atom stereocenters. The van der Waals surface area contributed by atoms with Gasteiger partial charge >= 0.3 is 12.3 Å². The van der Waals surface area contributed by atoms with Gasteiger partial charge in [-0.3, -0.25) is 4.90 Å². The Kier molecular flexibility index (Phi) is 6.17. The van der Waals surface area contributed by atoms with E-state index in [9.17, 15) is 26.4 Å². The summed E-state index contributed by atoms with van der Waals surface area (Å²) in [6, 6.07) is 13.5. The zero-order chi connectivity index (χ0) is 22.9. The zero-order valence-electron chi connectivity index (χ0n) is 17.2. The predicted octanol–water partition coefficient (Wildman–Crippen LogP) is 3.92. The van der Waals surface area contributed by atoms with Gasteiger partial charge < -0.3 is 4.74 Å². The Bertz CT molecular complexity index is 1070. The van der Waals surface area contributed by atoms with Crippen LogP contribution in [0.2, 0.25) is 0 Å². The van der Waals surface area contributed by atoms with Gasteiger partial charge in [0.1, 0.15) is 6.61 Å². The Hall–Kier alpha value is -2.59. The fourth-order valence-electron chi connectivity index (χ4n) is 4.39. The number of piperidine rings is 1. The van der Waals surface area contributed by atoms with Gasteiger partial charge in [-0.05, 0) is 37.0 Å². The standard InChI is InChI=1S/C22H23F3N2O4S/c23-22(24,25)19-8-4-5-9-20(19)32(29,30)26-12-10-17(11-13-26)27-18(15-31-21(27)28)14-16-6-2-1-3-7-16/h1-9,17-18H,10-15H2. The van der Waals surface area contributed by atoms with Crippen LogP contribution in [0.5, 0.6) is 0 Å². The number of alkyl halides is 3. The molecule has 2 fully saturated rings. The highest BCUT2D eigenvalue weighted by Crippen LogP contribution is 2.36. The summed E-state index contributed by atoms with van der Waals surface area (Å²) >= 11 is 0. The fourth-order valence-corrected chi connectivity index (χ4v) is 6.07. The second-order valence-corrected chi connectivity index (χ2v) is 9.86. The Balaban J connectivity index is 1.47. The van der Waals surface area contributed by atoms with Crippen molar-refractivity contribution in [2.45, 2.75) is 42.4 Å².